The summed E-state index contributed by atoms with van der Waals surface area (Å²) in [7, 11) is -3.05. The minimum absolute atomic E-state index is 0.342. The van der Waals surface area contributed by atoms with E-state index >= 15 is 0 Å². The summed E-state index contributed by atoms with van der Waals surface area (Å²) >= 11 is 0. The largest absolute Gasteiger partial charge is 0.273 e. The number of hydrogen-bond acceptors (Lipinski definition) is 3. The summed E-state index contributed by atoms with van der Waals surface area (Å²) in [6.45, 7) is 3.37. The zero-order valence-corrected chi connectivity index (χ0v) is 8.08. The van der Waals surface area contributed by atoms with Gasteiger partial charge in [0.15, 0.2) is 15.2 Å². The van der Waals surface area contributed by atoms with Crippen molar-refractivity contribution in [2.24, 2.45) is 4.99 Å². The van der Waals surface area contributed by atoms with Gasteiger partial charge < -0.3 is 0 Å². The molecule has 0 radical (unpaired) electrons. The maximum absolute atomic E-state index is 11.5. The van der Waals surface area contributed by atoms with Gasteiger partial charge >= 0.3 is 0 Å². The molecule has 0 amide bonds. The molecule has 0 saturated heterocycles. The molecular formula is C8H13NO2S. The lowest BCUT2D eigenvalue weighted by molar-refractivity contribution is 0.572. The standard InChI is InChI=1S/C8H13NO2S/c1-7(2)12(10,11)8-5-3-4-6-9-8/h3-4,6-8H,5H2,1-2H3. The van der Waals surface area contributed by atoms with Crippen LogP contribution < -0.4 is 0 Å². The number of hydrogen-bond donors (Lipinski definition) is 0. The summed E-state index contributed by atoms with van der Waals surface area (Å²) < 4.78 is 23.1. The molecule has 1 aliphatic heterocycles. The maximum Gasteiger partial charge on any atom is 0.175 e. The smallest absolute Gasteiger partial charge is 0.175 e. The van der Waals surface area contributed by atoms with E-state index in [4.69, 9.17) is 0 Å². The van der Waals surface area contributed by atoms with Crippen LogP contribution in [0.4, 0.5) is 0 Å². The molecular weight excluding hydrogens is 174 g/mol. The molecule has 4 heteroatoms. The average molecular weight is 187 g/mol. The molecule has 68 valence electrons. The van der Waals surface area contributed by atoms with Crippen molar-refractivity contribution in [1.82, 2.24) is 0 Å². The van der Waals surface area contributed by atoms with Gasteiger partial charge in [0.05, 0.1) is 5.25 Å². The van der Waals surface area contributed by atoms with Crippen LogP contribution in [0.5, 0.6) is 0 Å². The van der Waals surface area contributed by atoms with Crippen LogP contribution in [0.15, 0.2) is 17.1 Å². The summed E-state index contributed by atoms with van der Waals surface area (Å²) in [6, 6.07) is 0. The van der Waals surface area contributed by atoms with Crippen LogP contribution in [-0.4, -0.2) is 25.3 Å². The van der Waals surface area contributed by atoms with Crippen LogP contribution in [-0.2, 0) is 9.84 Å². The van der Waals surface area contributed by atoms with E-state index in [-0.39, 0.29) is 5.25 Å². The highest BCUT2D eigenvalue weighted by atomic mass is 32.2. The molecule has 0 fully saturated rings. The fourth-order valence-electron chi connectivity index (χ4n) is 0.995. The third-order valence-corrected chi connectivity index (χ3v) is 4.24. The van der Waals surface area contributed by atoms with Crippen molar-refractivity contribution in [2.45, 2.75) is 30.9 Å². The van der Waals surface area contributed by atoms with Crippen LogP contribution in [0.3, 0.4) is 0 Å². The zero-order chi connectivity index (χ0) is 9.19. The van der Waals surface area contributed by atoms with E-state index in [0.717, 1.165) is 0 Å². The fraction of sp³-hybridized carbons (Fsp3) is 0.625. The summed E-state index contributed by atoms with van der Waals surface area (Å²) in [5.74, 6) is 0. The third kappa shape index (κ3) is 1.75. The van der Waals surface area contributed by atoms with E-state index < -0.39 is 15.2 Å². The molecule has 0 aliphatic carbocycles. The monoisotopic (exact) mass is 187 g/mol. The van der Waals surface area contributed by atoms with Crippen LogP contribution in [0.2, 0.25) is 0 Å². The highest BCUT2D eigenvalue weighted by Gasteiger charge is 2.27. The van der Waals surface area contributed by atoms with Crippen LogP contribution in [0.25, 0.3) is 0 Å². The lowest BCUT2D eigenvalue weighted by Gasteiger charge is -2.15. The molecule has 0 aromatic heterocycles. The zero-order valence-electron chi connectivity index (χ0n) is 7.27. The number of dihydropyridines is 1. The molecule has 1 heterocycles. The molecule has 1 aliphatic rings. The lowest BCUT2D eigenvalue weighted by atomic mass is 10.3. The summed E-state index contributed by atoms with van der Waals surface area (Å²) in [6.07, 6.45) is 5.66. The lowest BCUT2D eigenvalue weighted by Crippen LogP contribution is -2.27. The molecule has 0 aromatic rings. The second kappa shape index (κ2) is 3.39. The molecule has 1 unspecified atom stereocenters. The number of rotatable bonds is 2. The van der Waals surface area contributed by atoms with E-state index in [1.807, 2.05) is 6.08 Å². The van der Waals surface area contributed by atoms with Gasteiger partial charge in [0.25, 0.3) is 0 Å². The Kier molecular flexibility index (Phi) is 2.67. The van der Waals surface area contributed by atoms with Gasteiger partial charge in [-0.3, -0.25) is 4.99 Å². The SMILES string of the molecule is CC(C)S(=O)(=O)C1CC=CC=N1. The van der Waals surface area contributed by atoms with E-state index in [2.05, 4.69) is 4.99 Å². The molecule has 1 atom stereocenters. The Hall–Kier alpha value is -0.640. The Balaban J connectivity index is 2.84. The van der Waals surface area contributed by atoms with E-state index in [0.29, 0.717) is 6.42 Å². The Morgan fingerprint density at radius 1 is 1.50 bits per heavy atom. The second-order valence-electron chi connectivity index (χ2n) is 3.05. The predicted octanol–water partition coefficient (Wildman–Crippen LogP) is 1.17. The number of aliphatic imine (C=N–C) groups is 1. The molecule has 0 spiro atoms. The summed E-state index contributed by atoms with van der Waals surface area (Å²) in [4.78, 5) is 3.92. The van der Waals surface area contributed by atoms with E-state index in [1.165, 1.54) is 0 Å². The second-order valence-corrected chi connectivity index (χ2v) is 5.72. The number of sulfone groups is 1. The van der Waals surface area contributed by atoms with Gasteiger partial charge in [-0.25, -0.2) is 8.42 Å². The van der Waals surface area contributed by atoms with Gasteiger partial charge in [-0.1, -0.05) is 6.08 Å². The first kappa shape index (κ1) is 9.45. The number of nitrogens with zero attached hydrogens (tertiary/aromatic N) is 1. The quantitative estimate of drug-likeness (QED) is 0.651. The number of allylic oxidation sites excluding steroid dienone is 1. The predicted molar refractivity (Wildman–Crippen MR) is 50.1 cm³/mol. The Morgan fingerprint density at radius 3 is 2.58 bits per heavy atom. The first-order valence-corrected chi connectivity index (χ1v) is 5.57. The van der Waals surface area contributed by atoms with Crippen LogP contribution >= 0.6 is 0 Å². The normalized spacial score (nSPS) is 23.4. The topological polar surface area (TPSA) is 46.5 Å². The van der Waals surface area contributed by atoms with E-state index in [1.54, 1.807) is 26.1 Å². The fourth-order valence-corrected chi connectivity index (χ4v) is 2.24. The molecule has 0 aromatic carbocycles. The van der Waals surface area contributed by atoms with Crippen LogP contribution in [0.1, 0.15) is 20.3 Å². The van der Waals surface area contributed by atoms with Gasteiger partial charge in [0.2, 0.25) is 0 Å². The minimum Gasteiger partial charge on any atom is -0.273 e. The Labute approximate surface area is 73.1 Å². The van der Waals surface area contributed by atoms with Crippen molar-refractivity contribution in [3.05, 3.63) is 12.2 Å². The van der Waals surface area contributed by atoms with Gasteiger partial charge in [-0.2, -0.15) is 0 Å². The molecule has 0 bridgehead atoms. The summed E-state index contributed by atoms with van der Waals surface area (Å²) in [5.41, 5.74) is 0. The van der Waals surface area contributed by atoms with Crippen molar-refractivity contribution in [2.75, 3.05) is 0 Å². The van der Waals surface area contributed by atoms with Gasteiger partial charge in [0, 0.05) is 12.6 Å². The first-order valence-electron chi connectivity index (χ1n) is 3.96. The minimum atomic E-state index is -3.05. The van der Waals surface area contributed by atoms with Crippen molar-refractivity contribution in [3.8, 4) is 0 Å². The molecule has 0 N–H and O–H groups in total. The highest BCUT2D eigenvalue weighted by Crippen LogP contribution is 2.16. The van der Waals surface area contributed by atoms with Crippen LogP contribution in [0, 0.1) is 0 Å². The molecule has 1 rings (SSSR count). The van der Waals surface area contributed by atoms with Crippen molar-refractivity contribution in [3.63, 3.8) is 0 Å². The van der Waals surface area contributed by atoms with E-state index in [9.17, 15) is 8.42 Å². The summed E-state index contributed by atoms with van der Waals surface area (Å²) in [5, 5.41) is -0.895. The Morgan fingerprint density at radius 2 is 2.17 bits per heavy atom. The van der Waals surface area contributed by atoms with Gasteiger partial charge in [0.1, 0.15) is 0 Å². The Bertz CT molecular complexity index is 301. The van der Waals surface area contributed by atoms with Gasteiger partial charge in [-0.15, -0.1) is 0 Å². The first-order chi connectivity index (χ1) is 5.55. The third-order valence-electron chi connectivity index (χ3n) is 1.85. The van der Waals surface area contributed by atoms with Crippen molar-refractivity contribution < 1.29 is 8.42 Å². The van der Waals surface area contributed by atoms with Crippen molar-refractivity contribution >= 4 is 16.1 Å². The molecule has 0 saturated carbocycles. The average Bonchev–Trinajstić information content (AvgIpc) is 2.06. The molecule has 12 heavy (non-hydrogen) atoms. The highest BCUT2D eigenvalue weighted by molar-refractivity contribution is 7.92. The maximum atomic E-state index is 11.5. The molecule has 3 nitrogen and oxygen atoms in total. The van der Waals surface area contributed by atoms with Gasteiger partial charge in [-0.05, 0) is 19.9 Å². The van der Waals surface area contributed by atoms with Crippen molar-refractivity contribution in [1.29, 1.82) is 0 Å².